The van der Waals surface area contributed by atoms with Gasteiger partial charge in [-0.15, -0.1) is 0 Å². The molecule has 0 rings (SSSR count). The molecule has 0 fully saturated rings. The van der Waals surface area contributed by atoms with Crippen LogP contribution in [0, 0.1) is 0 Å². The van der Waals surface area contributed by atoms with E-state index in [-0.39, 0.29) is 1.43 Å². The van der Waals surface area contributed by atoms with Gasteiger partial charge in [0.05, 0.1) is 0 Å². The molecule has 0 aliphatic carbocycles. The number of nitrogens with two attached hydrogens (primary N) is 1. The highest BCUT2D eigenvalue weighted by Crippen LogP contribution is 1.67. The van der Waals surface area contributed by atoms with E-state index in [0.717, 1.165) is 0 Å². The summed E-state index contributed by atoms with van der Waals surface area (Å²) in [5, 5.41) is 0. The molecule has 0 radical (unpaired) electrons. The topological polar surface area (TPSA) is 26.0 Å². The quantitative estimate of drug-likeness (QED) is 0.477. The Labute approximate surface area is 39.6 Å². The highest BCUT2D eigenvalue weighted by molar-refractivity contribution is 4.98. The summed E-state index contributed by atoms with van der Waals surface area (Å²) in [5.74, 6) is 0. The average molecular weight is 85.2 g/mol. The van der Waals surface area contributed by atoms with Crippen molar-refractivity contribution in [1.29, 1.82) is 0 Å². The molecular formula is C5H11N. The fraction of sp³-hybridized carbons (Fsp3) is 0.200. The van der Waals surface area contributed by atoms with Crippen LogP contribution in [0.25, 0.3) is 0 Å². The molecular weight excluding hydrogens is 74.1 g/mol. The third-order valence-electron chi connectivity index (χ3n) is 0.415. The highest BCUT2D eigenvalue weighted by atomic mass is 14.5. The van der Waals surface area contributed by atoms with Gasteiger partial charge in [-0.3, -0.25) is 0 Å². The van der Waals surface area contributed by atoms with Gasteiger partial charge in [-0.25, -0.2) is 0 Å². The first-order valence-electron chi connectivity index (χ1n) is 1.91. The van der Waals surface area contributed by atoms with Crippen LogP contribution in [0.2, 0.25) is 0 Å². The van der Waals surface area contributed by atoms with Gasteiger partial charge in [-0.1, -0.05) is 12.2 Å². The van der Waals surface area contributed by atoms with Crippen LogP contribution in [0.4, 0.5) is 0 Å². The molecule has 1 heteroatoms. The molecule has 1 nitrogen and oxygen atoms in total. The predicted octanol–water partition coefficient (Wildman–Crippen LogP) is 1.28. The zero-order chi connectivity index (χ0) is 4.83. The first kappa shape index (κ1) is 5.28. The minimum absolute atomic E-state index is 0. The fourth-order valence-electron chi connectivity index (χ4n) is 0.175. The lowest BCUT2D eigenvalue weighted by Gasteiger charge is -1.63. The van der Waals surface area contributed by atoms with E-state index in [1.165, 1.54) is 6.20 Å². The van der Waals surface area contributed by atoms with E-state index in [1.54, 1.807) is 6.08 Å². The lowest BCUT2D eigenvalue weighted by Crippen LogP contribution is -1.71. The van der Waals surface area contributed by atoms with Crippen molar-refractivity contribution >= 4 is 0 Å². The second-order valence-corrected chi connectivity index (χ2v) is 0.911. The van der Waals surface area contributed by atoms with Crippen molar-refractivity contribution in [2.24, 2.45) is 5.73 Å². The monoisotopic (exact) mass is 85.1 g/mol. The molecule has 0 spiro atoms. The van der Waals surface area contributed by atoms with Gasteiger partial charge < -0.3 is 5.73 Å². The summed E-state index contributed by atoms with van der Waals surface area (Å²) in [6.07, 6.45) is 7.07. The molecule has 0 saturated carbocycles. The predicted molar refractivity (Wildman–Crippen MR) is 30.3 cm³/mol. The third-order valence-corrected chi connectivity index (χ3v) is 0.415. The van der Waals surface area contributed by atoms with Gasteiger partial charge in [0.25, 0.3) is 0 Å². The molecule has 0 amide bonds. The van der Waals surface area contributed by atoms with Gasteiger partial charge in [0.1, 0.15) is 0 Å². The van der Waals surface area contributed by atoms with Gasteiger partial charge >= 0.3 is 0 Å². The molecule has 0 aliphatic rings. The fourth-order valence-corrected chi connectivity index (χ4v) is 0.175. The number of allylic oxidation sites excluding steroid dienone is 3. The van der Waals surface area contributed by atoms with Crippen LogP contribution in [-0.2, 0) is 0 Å². The second-order valence-electron chi connectivity index (χ2n) is 0.911. The summed E-state index contributed by atoms with van der Waals surface area (Å²) < 4.78 is 0. The molecule has 0 aromatic heterocycles. The molecule has 0 aromatic rings. The Hall–Kier alpha value is -0.720. The molecule has 0 atom stereocenters. The minimum atomic E-state index is 0. The Morgan fingerprint density at radius 1 is 1.50 bits per heavy atom. The van der Waals surface area contributed by atoms with E-state index in [4.69, 9.17) is 5.73 Å². The van der Waals surface area contributed by atoms with Crippen LogP contribution in [0.1, 0.15) is 8.35 Å². The first-order chi connectivity index (χ1) is 2.91. The van der Waals surface area contributed by atoms with E-state index in [0.29, 0.717) is 0 Å². The number of hydrogen-bond acceptors (Lipinski definition) is 1. The van der Waals surface area contributed by atoms with Gasteiger partial charge in [0.15, 0.2) is 0 Å². The largest absolute Gasteiger partial charge is 0.405 e. The molecule has 0 aliphatic heterocycles. The molecule has 0 unspecified atom stereocenters. The summed E-state index contributed by atoms with van der Waals surface area (Å²) in [6.45, 7) is 1.94. The SMILES string of the molecule is C/C=C\C=C/N.[HH]. The number of rotatable bonds is 1. The van der Waals surface area contributed by atoms with Crippen LogP contribution >= 0.6 is 0 Å². The minimum Gasteiger partial charge on any atom is -0.405 e. The number of hydrogen-bond donors (Lipinski definition) is 1. The highest BCUT2D eigenvalue weighted by Gasteiger charge is 1.48. The van der Waals surface area contributed by atoms with E-state index in [2.05, 4.69) is 0 Å². The Balaban J connectivity index is 0. The molecule has 0 saturated heterocycles. The molecule has 2 N–H and O–H groups in total. The van der Waals surface area contributed by atoms with E-state index >= 15 is 0 Å². The maximum atomic E-state index is 4.98. The van der Waals surface area contributed by atoms with Crippen LogP contribution in [0.15, 0.2) is 24.4 Å². The van der Waals surface area contributed by atoms with Crippen LogP contribution in [0.3, 0.4) is 0 Å². The molecule has 0 heterocycles. The van der Waals surface area contributed by atoms with Crippen molar-refractivity contribution < 1.29 is 1.43 Å². The summed E-state index contributed by atoms with van der Waals surface area (Å²) >= 11 is 0. The average Bonchev–Trinajstić information content (AvgIpc) is 1.61. The smallest absolute Gasteiger partial charge is 0 e. The first-order valence-corrected chi connectivity index (χ1v) is 1.91. The standard InChI is InChI=1S/C5H9N.H2/c1-2-3-4-5-6;/h2-5H,6H2,1H3;1H/b3-2-,5-4-;. The zero-order valence-electron chi connectivity index (χ0n) is 3.89. The normalized spacial score (nSPS) is 11.5. The lowest BCUT2D eigenvalue weighted by atomic mass is 10.5. The third kappa shape index (κ3) is 3.28. The molecule has 0 bridgehead atoms. The molecule has 36 valence electrons. The Morgan fingerprint density at radius 2 is 2.17 bits per heavy atom. The summed E-state index contributed by atoms with van der Waals surface area (Å²) in [6, 6.07) is 0. The Bertz CT molecular complexity index is 56.5. The van der Waals surface area contributed by atoms with Crippen LogP contribution < -0.4 is 5.73 Å². The van der Waals surface area contributed by atoms with E-state index < -0.39 is 0 Å². The van der Waals surface area contributed by atoms with Crippen molar-refractivity contribution in [2.75, 3.05) is 0 Å². The summed E-state index contributed by atoms with van der Waals surface area (Å²) in [5.41, 5.74) is 4.98. The summed E-state index contributed by atoms with van der Waals surface area (Å²) in [7, 11) is 0. The maximum Gasteiger partial charge on any atom is 0 e. The van der Waals surface area contributed by atoms with Crippen molar-refractivity contribution in [1.82, 2.24) is 0 Å². The molecule has 6 heavy (non-hydrogen) atoms. The maximum absolute atomic E-state index is 4.98. The van der Waals surface area contributed by atoms with Crippen molar-refractivity contribution in [3.05, 3.63) is 24.4 Å². The van der Waals surface area contributed by atoms with Crippen LogP contribution in [-0.4, -0.2) is 0 Å². The Kier molecular flexibility index (Phi) is 3.77. The van der Waals surface area contributed by atoms with Gasteiger partial charge in [-0.2, -0.15) is 0 Å². The van der Waals surface area contributed by atoms with Crippen molar-refractivity contribution in [3.63, 3.8) is 0 Å². The Morgan fingerprint density at radius 3 is 2.33 bits per heavy atom. The van der Waals surface area contributed by atoms with Crippen LogP contribution in [0.5, 0.6) is 0 Å². The van der Waals surface area contributed by atoms with E-state index in [1.807, 2.05) is 19.1 Å². The molecule has 0 aromatic carbocycles. The zero-order valence-corrected chi connectivity index (χ0v) is 3.89. The van der Waals surface area contributed by atoms with Crippen molar-refractivity contribution in [2.45, 2.75) is 6.92 Å². The van der Waals surface area contributed by atoms with Gasteiger partial charge in [0.2, 0.25) is 0 Å². The van der Waals surface area contributed by atoms with Gasteiger partial charge in [-0.05, 0) is 19.2 Å². The van der Waals surface area contributed by atoms with E-state index in [9.17, 15) is 0 Å². The second kappa shape index (κ2) is 4.28. The summed E-state index contributed by atoms with van der Waals surface area (Å²) in [4.78, 5) is 0. The van der Waals surface area contributed by atoms with Gasteiger partial charge in [0, 0.05) is 1.43 Å². The van der Waals surface area contributed by atoms with Crippen molar-refractivity contribution in [3.8, 4) is 0 Å². The lowest BCUT2D eigenvalue weighted by molar-refractivity contribution is 1.59.